The molecular weight excluding hydrogens is 198 g/mol. The zero-order valence-corrected chi connectivity index (χ0v) is 7.43. The topological polar surface area (TPSA) is 29.5 Å². The highest BCUT2D eigenvalue weighted by Gasteiger charge is 2.28. The number of carbonyl (C=O) groups is 1. The van der Waals surface area contributed by atoms with Gasteiger partial charge in [-0.3, -0.25) is 0 Å². The Morgan fingerprint density at radius 3 is 2.90 bits per heavy atom. The third-order valence-corrected chi connectivity index (χ3v) is 2.23. The molecule has 1 saturated heterocycles. The maximum Gasteiger partial charge on any atom is 0.410 e. The molecule has 0 radical (unpaired) electrons. The number of nitrogens with zero attached hydrogens (tertiary/aromatic N) is 1. The van der Waals surface area contributed by atoms with Gasteiger partial charge < -0.3 is 9.64 Å². The van der Waals surface area contributed by atoms with Crippen molar-refractivity contribution >= 4 is 22.0 Å². The van der Waals surface area contributed by atoms with Gasteiger partial charge in [-0.25, -0.2) is 4.79 Å². The number of likely N-dealkylation sites (N-methyl/N-ethyl adjacent to an activating group) is 1. The van der Waals surface area contributed by atoms with Gasteiger partial charge in [0.05, 0.1) is 6.54 Å². The molecule has 4 heteroatoms. The lowest BCUT2D eigenvalue weighted by molar-refractivity contribution is 0.140. The largest absolute Gasteiger partial charge is 0.443 e. The van der Waals surface area contributed by atoms with Crippen molar-refractivity contribution < 1.29 is 9.53 Å². The van der Waals surface area contributed by atoms with Gasteiger partial charge in [0.15, 0.2) is 0 Å². The molecule has 58 valence electrons. The van der Waals surface area contributed by atoms with E-state index < -0.39 is 0 Å². The minimum atomic E-state index is -0.188. The van der Waals surface area contributed by atoms with Crippen molar-refractivity contribution in [3.63, 3.8) is 0 Å². The van der Waals surface area contributed by atoms with E-state index >= 15 is 0 Å². The van der Waals surface area contributed by atoms with E-state index in [9.17, 15) is 4.79 Å². The van der Waals surface area contributed by atoms with E-state index in [1.54, 1.807) is 4.90 Å². The molecule has 0 N–H and O–H groups in total. The quantitative estimate of drug-likeness (QED) is 0.638. The Labute approximate surface area is 68.5 Å². The lowest BCUT2D eigenvalue weighted by atomic mass is 10.4. The molecule has 1 rings (SSSR count). The van der Waals surface area contributed by atoms with E-state index in [0.29, 0.717) is 0 Å². The van der Waals surface area contributed by atoms with Crippen molar-refractivity contribution in [3.05, 3.63) is 0 Å². The van der Waals surface area contributed by atoms with Crippen LogP contribution < -0.4 is 0 Å². The Balaban J connectivity index is 2.44. The van der Waals surface area contributed by atoms with Gasteiger partial charge in [0.25, 0.3) is 0 Å². The van der Waals surface area contributed by atoms with Crippen LogP contribution in [0.1, 0.15) is 6.92 Å². The Hall–Kier alpha value is -0.250. The minimum absolute atomic E-state index is 0.0486. The number of carbonyl (C=O) groups excluding carboxylic acids is 1. The van der Waals surface area contributed by atoms with E-state index in [4.69, 9.17) is 4.74 Å². The van der Waals surface area contributed by atoms with Crippen LogP contribution in [0.5, 0.6) is 0 Å². The molecule has 1 unspecified atom stereocenters. The molecule has 1 amide bonds. The van der Waals surface area contributed by atoms with Crippen LogP contribution in [0.4, 0.5) is 4.79 Å². The van der Waals surface area contributed by atoms with Gasteiger partial charge >= 0.3 is 6.09 Å². The third-order valence-electron chi connectivity index (χ3n) is 1.50. The van der Waals surface area contributed by atoms with Crippen LogP contribution in [0.2, 0.25) is 0 Å². The maximum atomic E-state index is 10.9. The fourth-order valence-corrected chi connectivity index (χ4v) is 1.25. The minimum Gasteiger partial charge on any atom is -0.443 e. The Morgan fingerprint density at radius 1 is 1.90 bits per heavy atom. The standard InChI is InChI=1S/C6H10BrNO2/c1-2-8-4-5(3-7)10-6(8)9/h5H,2-4H2,1H3. The van der Waals surface area contributed by atoms with Crippen molar-refractivity contribution in [1.82, 2.24) is 4.90 Å². The molecule has 1 aliphatic rings. The average molecular weight is 208 g/mol. The molecule has 1 heterocycles. The molecule has 1 aliphatic heterocycles. The zero-order chi connectivity index (χ0) is 7.56. The van der Waals surface area contributed by atoms with Crippen LogP contribution in [-0.4, -0.2) is 35.5 Å². The summed E-state index contributed by atoms with van der Waals surface area (Å²) in [5.41, 5.74) is 0. The fraction of sp³-hybridized carbons (Fsp3) is 0.833. The van der Waals surface area contributed by atoms with Crippen LogP contribution in [-0.2, 0) is 4.74 Å². The number of rotatable bonds is 2. The van der Waals surface area contributed by atoms with Crippen molar-refractivity contribution in [3.8, 4) is 0 Å². The van der Waals surface area contributed by atoms with Crippen LogP contribution in [0, 0.1) is 0 Å². The van der Waals surface area contributed by atoms with Gasteiger partial charge in [0.2, 0.25) is 0 Å². The first-order valence-electron chi connectivity index (χ1n) is 3.29. The second-order valence-electron chi connectivity index (χ2n) is 2.20. The van der Waals surface area contributed by atoms with Gasteiger partial charge in [-0.2, -0.15) is 0 Å². The smallest absolute Gasteiger partial charge is 0.410 e. The highest BCUT2D eigenvalue weighted by Crippen LogP contribution is 2.11. The Bertz CT molecular complexity index is 140. The van der Waals surface area contributed by atoms with Crippen molar-refractivity contribution in [2.75, 3.05) is 18.4 Å². The molecule has 0 aromatic carbocycles. The van der Waals surface area contributed by atoms with Gasteiger partial charge in [0, 0.05) is 11.9 Å². The number of cyclic esters (lactones) is 1. The number of hydrogen-bond donors (Lipinski definition) is 0. The summed E-state index contributed by atoms with van der Waals surface area (Å²) in [5, 5.41) is 0.731. The first-order valence-corrected chi connectivity index (χ1v) is 4.41. The monoisotopic (exact) mass is 207 g/mol. The molecule has 0 bridgehead atoms. The van der Waals surface area contributed by atoms with Crippen LogP contribution in [0.25, 0.3) is 0 Å². The molecule has 1 fully saturated rings. The summed E-state index contributed by atoms with van der Waals surface area (Å²) < 4.78 is 4.95. The third kappa shape index (κ3) is 1.42. The molecule has 1 atom stereocenters. The highest BCUT2D eigenvalue weighted by molar-refractivity contribution is 9.09. The molecule has 0 aliphatic carbocycles. The van der Waals surface area contributed by atoms with E-state index in [2.05, 4.69) is 15.9 Å². The number of halogens is 1. The fourth-order valence-electron chi connectivity index (χ4n) is 0.913. The molecule has 3 nitrogen and oxygen atoms in total. The second kappa shape index (κ2) is 3.23. The van der Waals surface area contributed by atoms with Gasteiger partial charge in [0.1, 0.15) is 6.10 Å². The van der Waals surface area contributed by atoms with E-state index in [1.165, 1.54) is 0 Å². The summed E-state index contributed by atoms with van der Waals surface area (Å²) in [4.78, 5) is 12.5. The number of hydrogen-bond acceptors (Lipinski definition) is 2. The first-order chi connectivity index (χ1) is 4.77. The predicted molar refractivity (Wildman–Crippen MR) is 41.3 cm³/mol. The molecule has 0 aromatic heterocycles. The number of ether oxygens (including phenoxy) is 1. The summed E-state index contributed by atoms with van der Waals surface area (Å²) in [6, 6.07) is 0. The second-order valence-corrected chi connectivity index (χ2v) is 2.85. The van der Waals surface area contributed by atoms with Crippen molar-refractivity contribution in [2.45, 2.75) is 13.0 Å². The summed E-state index contributed by atoms with van der Waals surface area (Å²) in [6.45, 7) is 3.40. The molecule has 0 saturated carbocycles. The Morgan fingerprint density at radius 2 is 2.60 bits per heavy atom. The predicted octanol–water partition coefficient (Wildman–Crippen LogP) is 1.22. The van der Waals surface area contributed by atoms with Gasteiger partial charge in [-0.1, -0.05) is 15.9 Å². The van der Waals surface area contributed by atoms with Crippen molar-refractivity contribution in [1.29, 1.82) is 0 Å². The molecule has 0 aromatic rings. The number of alkyl halides is 1. The first kappa shape index (κ1) is 7.85. The highest BCUT2D eigenvalue weighted by atomic mass is 79.9. The van der Waals surface area contributed by atoms with E-state index in [0.717, 1.165) is 18.4 Å². The van der Waals surface area contributed by atoms with Crippen molar-refractivity contribution in [2.24, 2.45) is 0 Å². The van der Waals surface area contributed by atoms with Crippen LogP contribution >= 0.6 is 15.9 Å². The average Bonchev–Trinajstić information content (AvgIpc) is 2.30. The molecule has 10 heavy (non-hydrogen) atoms. The van der Waals surface area contributed by atoms with Gasteiger partial charge in [-0.05, 0) is 6.92 Å². The van der Waals surface area contributed by atoms with Crippen LogP contribution in [0.15, 0.2) is 0 Å². The zero-order valence-electron chi connectivity index (χ0n) is 5.84. The molecular formula is C6H10BrNO2. The summed E-state index contributed by atoms with van der Waals surface area (Å²) in [7, 11) is 0. The summed E-state index contributed by atoms with van der Waals surface area (Å²) in [5.74, 6) is 0. The Kier molecular flexibility index (Phi) is 2.54. The SMILES string of the molecule is CCN1CC(CBr)OC1=O. The van der Waals surface area contributed by atoms with E-state index in [1.807, 2.05) is 6.92 Å². The summed E-state index contributed by atoms with van der Waals surface area (Å²) >= 11 is 3.26. The lowest BCUT2D eigenvalue weighted by Crippen LogP contribution is -2.24. The van der Waals surface area contributed by atoms with E-state index in [-0.39, 0.29) is 12.2 Å². The molecule has 0 spiro atoms. The number of amides is 1. The summed E-state index contributed by atoms with van der Waals surface area (Å²) in [6.07, 6.45) is -0.139. The van der Waals surface area contributed by atoms with Gasteiger partial charge in [-0.15, -0.1) is 0 Å². The maximum absolute atomic E-state index is 10.9. The normalized spacial score (nSPS) is 25.2. The lowest BCUT2D eigenvalue weighted by Gasteiger charge is -2.06. The van der Waals surface area contributed by atoms with Crippen LogP contribution in [0.3, 0.4) is 0 Å².